The molecule has 0 bridgehead atoms. The molecule has 0 N–H and O–H groups in total. The fraction of sp³-hybridized carbons (Fsp3) is 0.500. The predicted octanol–water partition coefficient (Wildman–Crippen LogP) is 8.17. The zero-order chi connectivity index (χ0) is 21.3. The van der Waals surface area contributed by atoms with Crippen molar-refractivity contribution in [2.75, 3.05) is 0 Å². The van der Waals surface area contributed by atoms with E-state index in [1.54, 1.807) is 0 Å². The van der Waals surface area contributed by atoms with Crippen molar-refractivity contribution in [2.24, 2.45) is 10.2 Å². The molecule has 0 aliphatic rings. The van der Waals surface area contributed by atoms with Crippen LogP contribution < -0.4 is 0 Å². The summed E-state index contributed by atoms with van der Waals surface area (Å²) in [4.78, 5) is 0. The third-order valence-electron chi connectivity index (χ3n) is 5.58. The van der Waals surface area contributed by atoms with E-state index in [2.05, 4.69) is 72.6 Å². The molecule has 30 heavy (non-hydrogen) atoms. The second kappa shape index (κ2) is 15.6. The van der Waals surface area contributed by atoms with E-state index in [9.17, 15) is 0 Å². The summed E-state index contributed by atoms with van der Waals surface area (Å²) in [7, 11) is 0. The van der Waals surface area contributed by atoms with Gasteiger partial charge in [-0.15, -0.1) is 0 Å². The Labute approximate surface area is 184 Å². The Morgan fingerprint density at radius 3 is 1.23 bits per heavy atom. The van der Waals surface area contributed by atoms with E-state index in [0.29, 0.717) is 0 Å². The van der Waals surface area contributed by atoms with Gasteiger partial charge in [-0.2, -0.15) is 10.2 Å². The average Bonchev–Trinajstić information content (AvgIpc) is 2.78. The highest BCUT2D eigenvalue weighted by Gasteiger charge is 1.96. The smallest absolute Gasteiger partial charge is 0.0568 e. The Morgan fingerprint density at radius 2 is 0.867 bits per heavy atom. The average molecular weight is 405 g/mol. The second-order valence-electron chi connectivity index (χ2n) is 8.30. The number of hydrogen-bond donors (Lipinski definition) is 0. The first-order valence-corrected chi connectivity index (χ1v) is 12.1. The lowest BCUT2D eigenvalue weighted by atomic mass is 10.0. The molecule has 162 valence electrons. The zero-order valence-corrected chi connectivity index (χ0v) is 19.2. The Bertz CT molecular complexity index is 661. The molecule has 0 saturated carbocycles. The molecule has 2 rings (SSSR count). The highest BCUT2D eigenvalue weighted by molar-refractivity contribution is 5.82. The van der Waals surface area contributed by atoms with Crippen molar-refractivity contribution in [2.45, 2.75) is 90.9 Å². The van der Waals surface area contributed by atoms with Crippen LogP contribution in [0, 0.1) is 0 Å². The van der Waals surface area contributed by atoms with Gasteiger partial charge < -0.3 is 0 Å². The molecule has 2 nitrogen and oxygen atoms in total. The molecule has 0 unspecified atom stereocenters. The molecule has 2 heteroatoms. The van der Waals surface area contributed by atoms with Gasteiger partial charge in [-0.05, 0) is 47.9 Å². The Balaban J connectivity index is 1.70. The number of hydrogen-bond acceptors (Lipinski definition) is 2. The molecule has 0 aromatic heterocycles. The quantitative estimate of drug-likeness (QED) is 0.162. The van der Waals surface area contributed by atoms with E-state index in [0.717, 1.165) is 11.1 Å². The van der Waals surface area contributed by atoms with E-state index in [-0.39, 0.29) is 0 Å². The fourth-order valence-electron chi connectivity index (χ4n) is 3.61. The van der Waals surface area contributed by atoms with Gasteiger partial charge in [0.05, 0.1) is 12.4 Å². The first-order valence-electron chi connectivity index (χ1n) is 12.1. The largest absolute Gasteiger partial charge is 0.159 e. The van der Waals surface area contributed by atoms with Crippen molar-refractivity contribution in [3.05, 3.63) is 70.8 Å². The number of benzene rings is 2. The standard InChI is InChI=1S/C28H40N2/c1-3-5-7-9-11-13-25-15-19-27(20-16-25)23-29-30-24-28-21-17-26(18-22-28)14-12-10-8-6-4-2/h15-24H,3-14H2,1-2H3. The van der Waals surface area contributed by atoms with Gasteiger partial charge in [-0.25, -0.2) is 0 Å². The van der Waals surface area contributed by atoms with Gasteiger partial charge in [0.2, 0.25) is 0 Å². The molecule has 2 aromatic carbocycles. The lowest BCUT2D eigenvalue weighted by Gasteiger charge is -2.02. The Kier molecular flexibility index (Phi) is 12.5. The highest BCUT2D eigenvalue weighted by Crippen LogP contribution is 2.11. The third kappa shape index (κ3) is 10.5. The maximum absolute atomic E-state index is 4.21. The Hall–Kier alpha value is -2.22. The van der Waals surface area contributed by atoms with E-state index < -0.39 is 0 Å². The summed E-state index contributed by atoms with van der Waals surface area (Å²) in [5.74, 6) is 0. The maximum Gasteiger partial charge on any atom is 0.0568 e. The summed E-state index contributed by atoms with van der Waals surface area (Å²) in [6.45, 7) is 4.52. The van der Waals surface area contributed by atoms with Crippen molar-refractivity contribution in [1.29, 1.82) is 0 Å². The summed E-state index contributed by atoms with van der Waals surface area (Å²) >= 11 is 0. The molecule has 0 atom stereocenters. The number of nitrogens with zero attached hydrogens (tertiary/aromatic N) is 2. The van der Waals surface area contributed by atoms with Crippen LogP contribution in [-0.4, -0.2) is 12.4 Å². The number of aryl methyl sites for hydroxylation is 2. The lowest BCUT2D eigenvalue weighted by molar-refractivity contribution is 0.632. The van der Waals surface area contributed by atoms with Crippen molar-refractivity contribution in [1.82, 2.24) is 0 Å². The van der Waals surface area contributed by atoms with Gasteiger partial charge >= 0.3 is 0 Å². The van der Waals surface area contributed by atoms with Crippen molar-refractivity contribution in [3.63, 3.8) is 0 Å². The molecule has 0 spiro atoms. The van der Waals surface area contributed by atoms with Gasteiger partial charge in [0.25, 0.3) is 0 Å². The van der Waals surface area contributed by atoms with Gasteiger partial charge in [0, 0.05) is 0 Å². The molecule has 0 fully saturated rings. The second-order valence-corrected chi connectivity index (χ2v) is 8.30. The molecule has 0 saturated heterocycles. The molecular weight excluding hydrogens is 364 g/mol. The number of rotatable bonds is 15. The molecule has 0 aliphatic heterocycles. The van der Waals surface area contributed by atoms with Crippen LogP contribution in [0.15, 0.2) is 58.7 Å². The van der Waals surface area contributed by atoms with Gasteiger partial charge in [-0.3, -0.25) is 0 Å². The van der Waals surface area contributed by atoms with Crippen LogP contribution in [0.4, 0.5) is 0 Å². The van der Waals surface area contributed by atoms with Crippen LogP contribution in [-0.2, 0) is 12.8 Å². The first kappa shape index (κ1) is 24.1. The van der Waals surface area contributed by atoms with E-state index in [4.69, 9.17) is 0 Å². The van der Waals surface area contributed by atoms with Crippen LogP contribution in [0.2, 0.25) is 0 Å². The van der Waals surface area contributed by atoms with Crippen molar-refractivity contribution < 1.29 is 0 Å². The van der Waals surface area contributed by atoms with Crippen LogP contribution in [0.3, 0.4) is 0 Å². The minimum absolute atomic E-state index is 1.10. The highest BCUT2D eigenvalue weighted by atomic mass is 15.2. The lowest BCUT2D eigenvalue weighted by Crippen LogP contribution is -1.88. The summed E-state index contributed by atoms with van der Waals surface area (Å²) in [6.07, 6.45) is 19.3. The van der Waals surface area contributed by atoms with E-state index in [1.165, 1.54) is 88.2 Å². The summed E-state index contributed by atoms with van der Waals surface area (Å²) in [5.41, 5.74) is 5.02. The molecule has 0 aliphatic carbocycles. The van der Waals surface area contributed by atoms with Crippen LogP contribution in [0.25, 0.3) is 0 Å². The van der Waals surface area contributed by atoms with Gasteiger partial charge in [0.1, 0.15) is 0 Å². The van der Waals surface area contributed by atoms with Crippen LogP contribution in [0.5, 0.6) is 0 Å². The predicted molar refractivity (Wildman–Crippen MR) is 133 cm³/mol. The fourth-order valence-corrected chi connectivity index (χ4v) is 3.61. The molecule has 0 amide bonds. The Morgan fingerprint density at radius 1 is 0.500 bits per heavy atom. The minimum atomic E-state index is 1.10. The van der Waals surface area contributed by atoms with Crippen LogP contribution >= 0.6 is 0 Å². The first-order chi connectivity index (χ1) is 14.8. The maximum atomic E-state index is 4.21. The molecule has 0 heterocycles. The van der Waals surface area contributed by atoms with E-state index in [1.807, 2.05) is 12.4 Å². The SMILES string of the molecule is CCCCCCCc1ccc(C=NN=Cc2ccc(CCCCCCC)cc2)cc1. The van der Waals surface area contributed by atoms with Crippen molar-refractivity contribution >= 4 is 12.4 Å². The number of unbranched alkanes of at least 4 members (excludes halogenated alkanes) is 8. The summed E-state index contributed by atoms with van der Waals surface area (Å²) < 4.78 is 0. The van der Waals surface area contributed by atoms with Gasteiger partial charge in [-0.1, -0.05) is 114 Å². The monoisotopic (exact) mass is 404 g/mol. The molecule has 2 aromatic rings. The van der Waals surface area contributed by atoms with E-state index >= 15 is 0 Å². The molecule has 0 radical (unpaired) electrons. The third-order valence-corrected chi connectivity index (χ3v) is 5.58. The topological polar surface area (TPSA) is 24.7 Å². The minimum Gasteiger partial charge on any atom is -0.159 e. The summed E-state index contributed by atoms with van der Waals surface area (Å²) in [6, 6.07) is 17.4. The van der Waals surface area contributed by atoms with Gasteiger partial charge in [0.15, 0.2) is 0 Å². The van der Waals surface area contributed by atoms with Crippen LogP contribution in [0.1, 0.15) is 100 Å². The zero-order valence-electron chi connectivity index (χ0n) is 19.2. The summed E-state index contributed by atoms with van der Waals surface area (Å²) in [5, 5.41) is 8.41. The molecular formula is C28H40N2. The normalized spacial score (nSPS) is 11.7. The van der Waals surface area contributed by atoms with Crippen molar-refractivity contribution in [3.8, 4) is 0 Å².